The Hall–Kier alpha value is -3.36. The Balaban J connectivity index is 1.89. The molecule has 0 saturated carbocycles. The van der Waals surface area contributed by atoms with E-state index in [1.807, 2.05) is 0 Å². The number of hydrogen-bond acceptors (Lipinski definition) is 4. The Morgan fingerprint density at radius 2 is 1.62 bits per heavy atom. The monoisotopic (exact) mass is 404 g/mol. The summed E-state index contributed by atoms with van der Waals surface area (Å²) in [5.74, 6) is -4.23. The first kappa shape index (κ1) is 21.9. The maximum atomic E-state index is 13.8. The van der Waals surface area contributed by atoms with Gasteiger partial charge in [0.05, 0.1) is 5.56 Å². The fraction of sp³-hybridized carbons (Fsp3) is 0.300. The number of rotatable bonds is 8. The van der Waals surface area contributed by atoms with E-state index in [1.54, 1.807) is 32.2 Å². The molecular weight excluding hydrogens is 382 g/mol. The van der Waals surface area contributed by atoms with Gasteiger partial charge in [-0.05, 0) is 30.2 Å². The Morgan fingerprint density at radius 1 is 0.966 bits per heavy atom. The first-order valence-electron chi connectivity index (χ1n) is 9.02. The van der Waals surface area contributed by atoms with Crippen LogP contribution in [0.4, 0.5) is 8.78 Å². The molecule has 0 spiro atoms. The van der Waals surface area contributed by atoms with E-state index in [1.165, 1.54) is 6.20 Å². The highest BCUT2D eigenvalue weighted by atomic mass is 19.1. The van der Waals surface area contributed by atoms with Crippen molar-refractivity contribution in [1.82, 2.24) is 20.9 Å². The minimum atomic E-state index is -1.01. The summed E-state index contributed by atoms with van der Waals surface area (Å²) in [5.41, 5.74) is -0.354. The average Bonchev–Trinajstić information content (AvgIpc) is 2.69. The van der Waals surface area contributed by atoms with Gasteiger partial charge in [0.25, 0.3) is 11.8 Å². The van der Waals surface area contributed by atoms with E-state index in [2.05, 4.69) is 20.9 Å². The summed E-state index contributed by atoms with van der Waals surface area (Å²) in [5, 5.41) is 7.57. The van der Waals surface area contributed by atoms with Crippen molar-refractivity contribution in [3.63, 3.8) is 0 Å². The van der Waals surface area contributed by atoms with Gasteiger partial charge in [-0.25, -0.2) is 8.78 Å². The molecule has 29 heavy (non-hydrogen) atoms. The number of hydrogen-bond donors (Lipinski definition) is 3. The van der Waals surface area contributed by atoms with Gasteiger partial charge >= 0.3 is 0 Å². The largest absolute Gasteiger partial charge is 0.353 e. The molecule has 0 fully saturated rings. The van der Waals surface area contributed by atoms with Crippen LogP contribution in [0.1, 0.15) is 34.6 Å². The minimum absolute atomic E-state index is 0.109. The van der Waals surface area contributed by atoms with Crippen LogP contribution < -0.4 is 16.0 Å². The third kappa shape index (κ3) is 6.06. The van der Waals surface area contributed by atoms with Gasteiger partial charge in [-0.15, -0.1) is 0 Å². The third-order valence-corrected chi connectivity index (χ3v) is 4.06. The number of carbonyl (C=O) groups is 3. The molecule has 9 heteroatoms. The fourth-order valence-electron chi connectivity index (χ4n) is 2.53. The van der Waals surface area contributed by atoms with Crippen molar-refractivity contribution in [1.29, 1.82) is 0 Å². The van der Waals surface area contributed by atoms with Crippen LogP contribution in [0.25, 0.3) is 0 Å². The van der Waals surface area contributed by atoms with E-state index in [9.17, 15) is 23.2 Å². The molecule has 0 radical (unpaired) electrons. The molecule has 2 aromatic rings. The highest BCUT2D eigenvalue weighted by Crippen LogP contribution is 2.13. The summed E-state index contributed by atoms with van der Waals surface area (Å²) in [6, 6.07) is 5.31. The lowest BCUT2D eigenvalue weighted by molar-refractivity contribution is -0.123. The number of halogens is 2. The molecule has 0 aliphatic carbocycles. The lowest BCUT2D eigenvalue weighted by Crippen LogP contribution is -2.51. The summed E-state index contributed by atoms with van der Waals surface area (Å²) in [6.45, 7) is 3.64. The van der Waals surface area contributed by atoms with Gasteiger partial charge in [-0.2, -0.15) is 0 Å². The predicted octanol–water partition coefficient (Wildman–Crippen LogP) is 1.66. The molecule has 1 aromatic heterocycles. The van der Waals surface area contributed by atoms with Crippen LogP contribution in [0.3, 0.4) is 0 Å². The quantitative estimate of drug-likeness (QED) is 0.583. The Labute approximate surface area is 166 Å². The highest BCUT2D eigenvalue weighted by molar-refractivity contribution is 5.98. The topological polar surface area (TPSA) is 100 Å². The van der Waals surface area contributed by atoms with Gasteiger partial charge in [-0.1, -0.05) is 19.9 Å². The van der Waals surface area contributed by atoms with Gasteiger partial charge < -0.3 is 16.0 Å². The van der Waals surface area contributed by atoms with Gasteiger partial charge in [0.2, 0.25) is 5.91 Å². The standard InChI is InChI=1S/C20H22F2N4O3/c1-12(2)17(26-19(28)16-14(21)6-3-7-15(16)22)20(29)25-10-9-24-18(27)13-5-4-8-23-11-13/h3-8,11-12,17H,9-10H2,1-2H3,(H,24,27)(H,25,29)(H,26,28)/t17-/m0/s1. The summed E-state index contributed by atoms with van der Waals surface area (Å²) in [7, 11) is 0. The van der Waals surface area contributed by atoms with Gasteiger partial charge in [0.1, 0.15) is 23.2 Å². The zero-order valence-electron chi connectivity index (χ0n) is 16.0. The van der Waals surface area contributed by atoms with Crippen LogP contribution in [0, 0.1) is 17.6 Å². The SMILES string of the molecule is CC(C)[C@H](NC(=O)c1c(F)cccc1F)C(=O)NCCNC(=O)c1cccnc1. The van der Waals surface area contributed by atoms with E-state index in [0.717, 1.165) is 18.2 Å². The molecule has 1 aromatic carbocycles. The summed E-state index contributed by atoms with van der Waals surface area (Å²) in [4.78, 5) is 40.4. The maximum absolute atomic E-state index is 13.8. The molecule has 3 N–H and O–H groups in total. The second kappa shape index (κ2) is 10.3. The van der Waals surface area contributed by atoms with Crippen LogP contribution >= 0.6 is 0 Å². The fourth-order valence-corrected chi connectivity index (χ4v) is 2.53. The Morgan fingerprint density at radius 3 is 2.21 bits per heavy atom. The number of amides is 3. The number of aromatic nitrogens is 1. The molecule has 154 valence electrons. The highest BCUT2D eigenvalue weighted by Gasteiger charge is 2.27. The number of carbonyl (C=O) groups excluding carboxylic acids is 3. The normalized spacial score (nSPS) is 11.6. The summed E-state index contributed by atoms with van der Waals surface area (Å²) >= 11 is 0. The molecule has 0 unspecified atom stereocenters. The minimum Gasteiger partial charge on any atom is -0.353 e. The van der Waals surface area contributed by atoms with Crippen molar-refractivity contribution in [2.24, 2.45) is 5.92 Å². The van der Waals surface area contributed by atoms with Crippen LogP contribution in [0.15, 0.2) is 42.7 Å². The van der Waals surface area contributed by atoms with Crippen molar-refractivity contribution in [2.75, 3.05) is 13.1 Å². The van der Waals surface area contributed by atoms with E-state index in [0.29, 0.717) is 5.56 Å². The molecule has 1 heterocycles. The number of benzene rings is 1. The molecule has 0 aliphatic rings. The third-order valence-electron chi connectivity index (χ3n) is 4.06. The maximum Gasteiger partial charge on any atom is 0.257 e. The van der Waals surface area contributed by atoms with Gasteiger partial charge in [0, 0.05) is 25.5 Å². The van der Waals surface area contributed by atoms with Gasteiger partial charge in [-0.3, -0.25) is 19.4 Å². The summed E-state index contributed by atoms with van der Waals surface area (Å²) < 4.78 is 27.5. The molecule has 1 atom stereocenters. The van der Waals surface area contributed by atoms with Gasteiger partial charge in [0.15, 0.2) is 0 Å². The van der Waals surface area contributed by atoms with E-state index >= 15 is 0 Å². The van der Waals surface area contributed by atoms with Crippen molar-refractivity contribution in [2.45, 2.75) is 19.9 Å². The summed E-state index contributed by atoms with van der Waals surface area (Å²) in [6.07, 6.45) is 2.96. The van der Waals surface area contributed by atoms with Crippen LogP contribution in [0.2, 0.25) is 0 Å². The lowest BCUT2D eigenvalue weighted by Gasteiger charge is -2.22. The number of pyridine rings is 1. The first-order chi connectivity index (χ1) is 13.8. The molecule has 0 saturated heterocycles. The van der Waals surface area contributed by atoms with Crippen molar-refractivity contribution in [3.8, 4) is 0 Å². The van der Waals surface area contributed by atoms with Crippen LogP contribution in [-0.2, 0) is 4.79 Å². The zero-order chi connectivity index (χ0) is 21.4. The second-order valence-electron chi connectivity index (χ2n) is 6.58. The number of nitrogens with zero attached hydrogens (tertiary/aromatic N) is 1. The molecular formula is C20H22F2N4O3. The van der Waals surface area contributed by atoms with Crippen molar-refractivity contribution >= 4 is 17.7 Å². The van der Waals surface area contributed by atoms with E-state index in [4.69, 9.17) is 0 Å². The van der Waals surface area contributed by atoms with E-state index < -0.39 is 35.1 Å². The smallest absolute Gasteiger partial charge is 0.257 e. The van der Waals surface area contributed by atoms with E-state index in [-0.39, 0.29) is 24.9 Å². The molecule has 0 aliphatic heterocycles. The van der Waals surface area contributed by atoms with Crippen molar-refractivity contribution in [3.05, 3.63) is 65.5 Å². The molecule has 3 amide bonds. The second-order valence-corrected chi connectivity index (χ2v) is 6.58. The Bertz CT molecular complexity index is 855. The molecule has 7 nitrogen and oxygen atoms in total. The zero-order valence-corrected chi connectivity index (χ0v) is 16.0. The van der Waals surface area contributed by atoms with Crippen LogP contribution in [-0.4, -0.2) is 41.8 Å². The predicted molar refractivity (Wildman–Crippen MR) is 102 cm³/mol. The lowest BCUT2D eigenvalue weighted by atomic mass is 10.0. The first-order valence-corrected chi connectivity index (χ1v) is 9.02. The van der Waals surface area contributed by atoms with Crippen molar-refractivity contribution < 1.29 is 23.2 Å². The average molecular weight is 404 g/mol. The van der Waals surface area contributed by atoms with Crippen LogP contribution in [0.5, 0.6) is 0 Å². The molecule has 0 bridgehead atoms. The number of nitrogens with one attached hydrogen (secondary N) is 3. The molecule has 2 rings (SSSR count). The Kier molecular flexibility index (Phi) is 7.76.